The fourth-order valence-corrected chi connectivity index (χ4v) is 0.531. The highest BCUT2D eigenvalue weighted by Crippen LogP contribution is 1.75. The lowest BCUT2D eigenvalue weighted by Crippen LogP contribution is -2.16. The molecule has 0 radical (unpaired) electrons. The van der Waals surface area contributed by atoms with Gasteiger partial charge in [0.15, 0.2) is 0 Å². The molecule has 0 aromatic rings. The lowest BCUT2D eigenvalue weighted by atomic mass is 10.5. The number of aliphatic hydroxyl groups is 1. The third-order valence-corrected chi connectivity index (χ3v) is 0.956. The quantitative estimate of drug-likeness (QED) is 0.454. The average molecular weight is 160 g/mol. The van der Waals surface area contributed by atoms with Gasteiger partial charge in [-0.05, 0) is 6.92 Å². The summed E-state index contributed by atoms with van der Waals surface area (Å²) in [6.07, 6.45) is 1.72. The SMILES string of the molecule is C/C(N)=C/NCCOCCO. The molecule has 0 aliphatic carbocycles. The van der Waals surface area contributed by atoms with Crippen molar-refractivity contribution in [3.05, 3.63) is 11.9 Å². The van der Waals surface area contributed by atoms with E-state index in [4.69, 9.17) is 15.6 Å². The van der Waals surface area contributed by atoms with Gasteiger partial charge in [-0.1, -0.05) is 0 Å². The lowest BCUT2D eigenvalue weighted by Gasteiger charge is -2.01. The maximum atomic E-state index is 8.33. The summed E-state index contributed by atoms with van der Waals surface area (Å²) in [6.45, 7) is 3.58. The molecule has 4 heteroatoms. The van der Waals surface area contributed by atoms with Crippen LogP contribution in [0.5, 0.6) is 0 Å². The molecule has 0 saturated heterocycles. The van der Waals surface area contributed by atoms with Gasteiger partial charge in [-0.25, -0.2) is 0 Å². The molecule has 0 bridgehead atoms. The first-order valence-electron chi connectivity index (χ1n) is 3.61. The van der Waals surface area contributed by atoms with E-state index in [1.54, 1.807) is 6.20 Å². The normalized spacial score (nSPS) is 11.6. The van der Waals surface area contributed by atoms with E-state index in [1.165, 1.54) is 0 Å². The van der Waals surface area contributed by atoms with Crippen molar-refractivity contribution in [3.63, 3.8) is 0 Å². The van der Waals surface area contributed by atoms with Crippen LogP contribution in [0.4, 0.5) is 0 Å². The average Bonchev–Trinajstić information content (AvgIpc) is 1.96. The number of nitrogens with one attached hydrogen (secondary N) is 1. The molecule has 11 heavy (non-hydrogen) atoms. The first-order chi connectivity index (χ1) is 5.27. The van der Waals surface area contributed by atoms with Gasteiger partial charge in [0.2, 0.25) is 0 Å². The third-order valence-electron chi connectivity index (χ3n) is 0.956. The third kappa shape index (κ3) is 9.26. The minimum Gasteiger partial charge on any atom is -0.401 e. The monoisotopic (exact) mass is 160 g/mol. The fraction of sp³-hybridized carbons (Fsp3) is 0.714. The van der Waals surface area contributed by atoms with Crippen molar-refractivity contribution in [1.82, 2.24) is 5.32 Å². The Bertz CT molecular complexity index is 111. The second-order valence-corrected chi connectivity index (χ2v) is 2.18. The molecule has 4 nitrogen and oxygen atoms in total. The van der Waals surface area contributed by atoms with E-state index in [2.05, 4.69) is 5.32 Å². The van der Waals surface area contributed by atoms with E-state index in [9.17, 15) is 0 Å². The molecule has 0 atom stereocenters. The van der Waals surface area contributed by atoms with Crippen molar-refractivity contribution >= 4 is 0 Å². The number of aliphatic hydroxyl groups excluding tert-OH is 1. The molecule has 0 aromatic heterocycles. The second kappa shape index (κ2) is 7.37. The molecular formula is C7H16N2O2. The highest BCUT2D eigenvalue weighted by molar-refractivity contribution is 4.88. The highest BCUT2D eigenvalue weighted by atomic mass is 16.5. The minimum atomic E-state index is 0.0752. The van der Waals surface area contributed by atoms with Crippen LogP contribution in [0, 0.1) is 0 Å². The zero-order chi connectivity index (χ0) is 8.53. The first kappa shape index (κ1) is 10.3. The topological polar surface area (TPSA) is 67.5 Å². The largest absolute Gasteiger partial charge is 0.401 e. The summed E-state index contributed by atoms with van der Waals surface area (Å²) < 4.78 is 4.98. The molecule has 66 valence electrons. The number of rotatable bonds is 6. The lowest BCUT2D eigenvalue weighted by molar-refractivity contribution is 0.0953. The molecule has 0 unspecified atom stereocenters. The van der Waals surface area contributed by atoms with Crippen LogP contribution in [0.1, 0.15) is 6.92 Å². The number of hydrogen-bond donors (Lipinski definition) is 3. The predicted octanol–water partition coefficient (Wildman–Crippen LogP) is -0.595. The van der Waals surface area contributed by atoms with E-state index in [1.807, 2.05) is 6.92 Å². The van der Waals surface area contributed by atoms with E-state index < -0.39 is 0 Å². The number of hydrogen-bond acceptors (Lipinski definition) is 4. The summed E-state index contributed by atoms with van der Waals surface area (Å²) in [6, 6.07) is 0. The highest BCUT2D eigenvalue weighted by Gasteiger charge is 1.84. The van der Waals surface area contributed by atoms with Crippen molar-refractivity contribution in [2.24, 2.45) is 5.73 Å². The van der Waals surface area contributed by atoms with Gasteiger partial charge in [0.1, 0.15) is 0 Å². The number of ether oxygens (including phenoxy) is 1. The van der Waals surface area contributed by atoms with Gasteiger partial charge >= 0.3 is 0 Å². The van der Waals surface area contributed by atoms with Crippen LogP contribution in [0.15, 0.2) is 11.9 Å². The summed E-state index contributed by atoms with van der Waals surface area (Å²) in [7, 11) is 0. The number of allylic oxidation sites excluding steroid dienone is 1. The Morgan fingerprint density at radius 3 is 2.91 bits per heavy atom. The van der Waals surface area contributed by atoms with E-state index >= 15 is 0 Å². The molecule has 0 rings (SSSR count). The van der Waals surface area contributed by atoms with Gasteiger partial charge in [0.05, 0.1) is 19.8 Å². The van der Waals surface area contributed by atoms with Crippen LogP contribution in [-0.2, 0) is 4.74 Å². The smallest absolute Gasteiger partial charge is 0.0698 e. The zero-order valence-electron chi connectivity index (χ0n) is 6.84. The van der Waals surface area contributed by atoms with Crippen molar-refractivity contribution in [2.45, 2.75) is 6.92 Å². The Morgan fingerprint density at radius 1 is 1.64 bits per heavy atom. The summed E-state index contributed by atoms with van der Waals surface area (Å²) >= 11 is 0. The second-order valence-electron chi connectivity index (χ2n) is 2.18. The van der Waals surface area contributed by atoms with Crippen molar-refractivity contribution < 1.29 is 9.84 Å². The summed E-state index contributed by atoms with van der Waals surface area (Å²) in [5, 5.41) is 11.3. The molecule has 0 aliphatic rings. The standard InChI is InChI=1S/C7H16N2O2/c1-7(8)6-9-2-4-11-5-3-10/h6,9-10H,2-5,8H2,1H3/b7-6-. The van der Waals surface area contributed by atoms with Crippen molar-refractivity contribution in [3.8, 4) is 0 Å². The van der Waals surface area contributed by atoms with Gasteiger partial charge in [-0.3, -0.25) is 0 Å². The molecular weight excluding hydrogens is 144 g/mol. The van der Waals surface area contributed by atoms with Gasteiger partial charge in [-0.2, -0.15) is 0 Å². The van der Waals surface area contributed by atoms with E-state index in [-0.39, 0.29) is 6.61 Å². The molecule has 0 fully saturated rings. The van der Waals surface area contributed by atoms with Crippen LogP contribution in [-0.4, -0.2) is 31.5 Å². The van der Waals surface area contributed by atoms with Crippen LogP contribution < -0.4 is 11.1 Å². The molecule has 0 heterocycles. The van der Waals surface area contributed by atoms with Crippen LogP contribution >= 0.6 is 0 Å². The minimum absolute atomic E-state index is 0.0752. The summed E-state index contributed by atoms with van der Waals surface area (Å²) in [5.41, 5.74) is 6.09. The maximum Gasteiger partial charge on any atom is 0.0698 e. The van der Waals surface area contributed by atoms with Crippen molar-refractivity contribution in [2.75, 3.05) is 26.4 Å². The number of nitrogens with two attached hydrogens (primary N) is 1. The zero-order valence-corrected chi connectivity index (χ0v) is 6.84. The molecule has 0 saturated carbocycles. The molecule has 0 aromatic carbocycles. The van der Waals surface area contributed by atoms with Gasteiger partial charge in [-0.15, -0.1) is 0 Å². The Labute approximate surface area is 67.0 Å². The van der Waals surface area contributed by atoms with E-state index in [0.29, 0.717) is 19.8 Å². The van der Waals surface area contributed by atoms with Crippen LogP contribution in [0.25, 0.3) is 0 Å². The first-order valence-corrected chi connectivity index (χ1v) is 3.61. The maximum absolute atomic E-state index is 8.33. The van der Waals surface area contributed by atoms with Crippen LogP contribution in [0.2, 0.25) is 0 Å². The molecule has 0 amide bonds. The van der Waals surface area contributed by atoms with E-state index in [0.717, 1.165) is 5.70 Å². The molecule has 4 N–H and O–H groups in total. The van der Waals surface area contributed by atoms with Crippen molar-refractivity contribution in [1.29, 1.82) is 0 Å². The summed E-state index contributed by atoms with van der Waals surface area (Å²) in [5.74, 6) is 0. The molecule has 0 aliphatic heterocycles. The van der Waals surface area contributed by atoms with Gasteiger partial charge in [0.25, 0.3) is 0 Å². The Balaban J connectivity index is 2.97. The summed E-state index contributed by atoms with van der Waals surface area (Å²) in [4.78, 5) is 0. The van der Waals surface area contributed by atoms with Gasteiger partial charge in [0, 0.05) is 18.4 Å². The van der Waals surface area contributed by atoms with Crippen LogP contribution in [0.3, 0.4) is 0 Å². The molecule has 0 spiro atoms. The Kier molecular flexibility index (Phi) is 6.87. The predicted molar refractivity (Wildman–Crippen MR) is 43.9 cm³/mol. The Hall–Kier alpha value is -0.740. The van der Waals surface area contributed by atoms with Gasteiger partial charge < -0.3 is 20.9 Å². The Morgan fingerprint density at radius 2 is 2.36 bits per heavy atom. The fourth-order valence-electron chi connectivity index (χ4n) is 0.531.